The third-order valence-electron chi connectivity index (χ3n) is 4.96. The van der Waals surface area contributed by atoms with Crippen molar-refractivity contribution in [2.24, 2.45) is 5.92 Å². The Morgan fingerprint density at radius 1 is 1.44 bits per heavy atom. The molecule has 0 radical (unpaired) electrons. The Morgan fingerprint density at radius 2 is 2.40 bits per heavy atom. The van der Waals surface area contributed by atoms with E-state index in [2.05, 4.69) is 20.2 Å². The van der Waals surface area contributed by atoms with Gasteiger partial charge in [-0.15, -0.1) is 11.3 Å². The van der Waals surface area contributed by atoms with Gasteiger partial charge in [0.25, 0.3) is 0 Å². The molecule has 0 aliphatic carbocycles. The molecular weight excluding hydrogens is 336 g/mol. The maximum absolute atomic E-state index is 12.4. The van der Waals surface area contributed by atoms with Crippen LogP contribution in [0.3, 0.4) is 0 Å². The quantitative estimate of drug-likeness (QED) is 0.883. The number of amides is 1. The first-order valence-electron chi connectivity index (χ1n) is 8.71. The molecular formula is C18H22N4O2S. The molecule has 7 heteroatoms. The van der Waals surface area contributed by atoms with Crippen molar-refractivity contribution in [3.05, 3.63) is 46.7 Å². The van der Waals surface area contributed by atoms with E-state index in [0.29, 0.717) is 12.5 Å². The number of aromatic nitrogens is 2. The number of nitrogens with zero attached hydrogens (tertiary/aromatic N) is 3. The van der Waals surface area contributed by atoms with Crippen molar-refractivity contribution in [1.29, 1.82) is 0 Å². The van der Waals surface area contributed by atoms with Crippen molar-refractivity contribution in [2.45, 2.75) is 38.1 Å². The maximum Gasteiger partial charge on any atom is 0.249 e. The van der Waals surface area contributed by atoms with E-state index in [1.54, 1.807) is 23.7 Å². The molecule has 0 bridgehead atoms. The first kappa shape index (κ1) is 16.6. The van der Waals surface area contributed by atoms with Crippen molar-refractivity contribution < 1.29 is 9.53 Å². The highest BCUT2D eigenvalue weighted by molar-refractivity contribution is 7.09. The normalized spacial score (nSPS) is 26.3. The van der Waals surface area contributed by atoms with Crippen LogP contribution in [-0.2, 0) is 22.6 Å². The summed E-state index contributed by atoms with van der Waals surface area (Å²) in [4.78, 5) is 23.2. The van der Waals surface area contributed by atoms with Crippen molar-refractivity contribution in [1.82, 2.24) is 20.2 Å². The predicted octanol–water partition coefficient (Wildman–Crippen LogP) is 1.83. The number of nitrogens with one attached hydrogen (secondary N) is 1. The Bertz CT molecular complexity index is 694. The van der Waals surface area contributed by atoms with Crippen LogP contribution < -0.4 is 5.32 Å². The van der Waals surface area contributed by atoms with E-state index in [1.807, 2.05) is 23.7 Å². The average molecular weight is 358 g/mol. The Labute approximate surface area is 151 Å². The van der Waals surface area contributed by atoms with Crippen LogP contribution in [0.15, 0.2) is 36.1 Å². The third kappa shape index (κ3) is 4.05. The monoisotopic (exact) mass is 358 g/mol. The summed E-state index contributed by atoms with van der Waals surface area (Å²) in [5.74, 6) is 0.478. The topological polar surface area (TPSA) is 67.4 Å². The Kier molecular flexibility index (Phi) is 5.05. The molecule has 1 amide bonds. The number of piperidine rings is 1. The Morgan fingerprint density at radius 3 is 3.20 bits per heavy atom. The van der Waals surface area contributed by atoms with Crippen LogP contribution >= 0.6 is 11.3 Å². The van der Waals surface area contributed by atoms with Crippen molar-refractivity contribution in [3.63, 3.8) is 0 Å². The molecule has 6 nitrogen and oxygen atoms in total. The van der Waals surface area contributed by atoms with Gasteiger partial charge in [-0.3, -0.25) is 14.7 Å². The number of likely N-dealkylation sites (tertiary alicyclic amines) is 1. The molecule has 1 N–H and O–H groups in total. The van der Waals surface area contributed by atoms with Crippen LogP contribution in [0, 0.1) is 5.92 Å². The van der Waals surface area contributed by atoms with E-state index in [-0.39, 0.29) is 18.1 Å². The summed E-state index contributed by atoms with van der Waals surface area (Å²) in [6.45, 7) is 3.31. The second-order valence-corrected chi connectivity index (χ2v) is 7.67. The lowest BCUT2D eigenvalue weighted by Gasteiger charge is -2.33. The number of fused-ring (bicyclic) bond motifs is 1. The van der Waals surface area contributed by atoms with E-state index < -0.39 is 0 Å². The van der Waals surface area contributed by atoms with Gasteiger partial charge in [-0.1, -0.05) is 6.07 Å². The maximum atomic E-state index is 12.4. The fraction of sp³-hybridized carbons (Fsp3) is 0.500. The zero-order chi connectivity index (χ0) is 17.1. The fourth-order valence-electron chi connectivity index (χ4n) is 3.63. The van der Waals surface area contributed by atoms with Gasteiger partial charge < -0.3 is 10.1 Å². The molecule has 2 aliphatic rings. The molecule has 25 heavy (non-hydrogen) atoms. The average Bonchev–Trinajstić information content (AvgIpc) is 3.30. The Hall–Kier alpha value is -1.83. The number of thiazole rings is 1. The van der Waals surface area contributed by atoms with Crippen LogP contribution in [0.2, 0.25) is 0 Å². The summed E-state index contributed by atoms with van der Waals surface area (Å²) in [5, 5.41) is 6.12. The molecule has 2 saturated heterocycles. The molecule has 0 aromatic carbocycles. The summed E-state index contributed by atoms with van der Waals surface area (Å²) in [7, 11) is 0. The van der Waals surface area contributed by atoms with Crippen molar-refractivity contribution >= 4 is 17.2 Å². The van der Waals surface area contributed by atoms with Crippen molar-refractivity contribution in [3.8, 4) is 0 Å². The second-order valence-electron chi connectivity index (χ2n) is 6.69. The van der Waals surface area contributed by atoms with Crippen LogP contribution in [0.1, 0.15) is 23.4 Å². The predicted molar refractivity (Wildman–Crippen MR) is 94.9 cm³/mol. The molecule has 4 heterocycles. The van der Waals surface area contributed by atoms with Gasteiger partial charge in [0.15, 0.2) is 0 Å². The van der Waals surface area contributed by atoms with E-state index in [4.69, 9.17) is 4.74 Å². The van der Waals surface area contributed by atoms with E-state index in [9.17, 15) is 4.79 Å². The smallest absolute Gasteiger partial charge is 0.249 e. The lowest BCUT2D eigenvalue weighted by molar-refractivity contribution is -0.133. The molecule has 2 aliphatic heterocycles. The highest BCUT2D eigenvalue weighted by Gasteiger charge is 2.41. The molecule has 2 aromatic heterocycles. The molecule has 0 saturated carbocycles. The van der Waals surface area contributed by atoms with Gasteiger partial charge >= 0.3 is 0 Å². The summed E-state index contributed by atoms with van der Waals surface area (Å²) in [5.41, 5.74) is 1.00. The molecule has 4 rings (SSSR count). The number of rotatable bonds is 5. The SMILES string of the molecule is O=C(NCc1cccnc1)[C@@H]1C[C@H]2CCN(Cc3nccs3)C[C@@H]2O1. The minimum Gasteiger partial charge on any atom is -0.364 e. The van der Waals surface area contributed by atoms with Crippen LogP contribution in [0.5, 0.6) is 0 Å². The second kappa shape index (κ2) is 7.59. The number of carbonyl (C=O) groups excluding carboxylic acids is 1. The van der Waals surface area contributed by atoms with E-state index in [1.165, 1.54) is 0 Å². The molecule has 2 aromatic rings. The highest BCUT2D eigenvalue weighted by Crippen LogP contribution is 2.33. The Balaban J connectivity index is 1.28. The molecule has 2 fully saturated rings. The molecule has 0 spiro atoms. The summed E-state index contributed by atoms with van der Waals surface area (Å²) >= 11 is 1.69. The minimum absolute atomic E-state index is 0.00951. The van der Waals surface area contributed by atoms with Gasteiger partial charge in [0.05, 0.1) is 12.6 Å². The zero-order valence-electron chi connectivity index (χ0n) is 14.0. The third-order valence-corrected chi connectivity index (χ3v) is 5.72. The zero-order valence-corrected chi connectivity index (χ0v) is 14.8. The van der Waals surface area contributed by atoms with Gasteiger partial charge in [0.2, 0.25) is 5.91 Å². The van der Waals surface area contributed by atoms with Gasteiger partial charge in [0.1, 0.15) is 11.1 Å². The fourth-order valence-corrected chi connectivity index (χ4v) is 4.29. The number of hydrogen-bond acceptors (Lipinski definition) is 6. The summed E-state index contributed by atoms with van der Waals surface area (Å²) < 4.78 is 6.08. The van der Waals surface area contributed by atoms with Gasteiger partial charge in [-0.05, 0) is 36.9 Å². The standard InChI is InChI=1S/C18H22N4O2S/c23-18(21-10-13-2-1-4-19-9-13)15-8-14-3-6-22(11-16(14)24-15)12-17-20-5-7-25-17/h1-2,4-5,7,9,14-16H,3,6,8,10-12H2,(H,21,23)/t14-,15+,16+/m1/s1. The van der Waals surface area contributed by atoms with Crippen LogP contribution in [-0.4, -0.2) is 46.1 Å². The first-order chi connectivity index (χ1) is 12.3. The minimum atomic E-state index is -0.327. The van der Waals surface area contributed by atoms with Gasteiger partial charge in [0, 0.05) is 37.1 Å². The number of pyridine rings is 1. The largest absolute Gasteiger partial charge is 0.364 e. The molecule has 132 valence electrons. The number of ether oxygens (including phenoxy) is 1. The molecule has 0 unspecified atom stereocenters. The first-order valence-corrected chi connectivity index (χ1v) is 9.58. The van der Waals surface area contributed by atoms with Gasteiger partial charge in [-0.2, -0.15) is 0 Å². The lowest BCUT2D eigenvalue weighted by Crippen LogP contribution is -2.42. The summed E-state index contributed by atoms with van der Waals surface area (Å²) in [6.07, 6.45) is 7.09. The van der Waals surface area contributed by atoms with E-state index >= 15 is 0 Å². The van der Waals surface area contributed by atoms with Crippen LogP contribution in [0.4, 0.5) is 0 Å². The van der Waals surface area contributed by atoms with Crippen LogP contribution in [0.25, 0.3) is 0 Å². The highest BCUT2D eigenvalue weighted by atomic mass is 32.1. The van der Waals surface area contributed by atoms with Gasteiger partial charge in [-0.25, -0.2) is 4.98 Å². The summed E-state index contributed by atoms with van der Waals surface area (Å²) in [6, 6.07) is 3.83. The molecule has 3 atom stereocenters. The number of carbonyl (C=O) groups is 1. The van der Waals surface area contributed by atoms with Crippen molar-refractivity contribution in [2.75, 3.05) is 13.1 Å². The number of hydrogen-bond donors (Lipinski definition) is 1. The van der Waals surface area contributed by atoms with E-state index in [0.717, 1.165) is 43.0 Å². The lowest BCUT2D eigenvalue weighted by atomic mass is 9.91.